The zero-order valence-electron chi connectivity index (χ0n) is 17.2. The monoisotopic (exact) mass is 394 g/mol. The number of rotatable bonds is 3. The van der Waals surface area contributed by atoms with Gasteiger partial charge in [-0.15, -0.1) is 0 Å². The number of allylic oxidation sites excluding steroid dienone is 1. The van der Waals surface area contributed by atoms with E-state index in [0.29, 0.717) is 6.42 Å². The summed E-state index contributed by atoms with van der Waals surface area (Å²) in [6.07, 6.45) is 2.39. The minimum atomic E-state index is -0.147. The first-order valence-electron chi connectivity index (χ1n) is 10.8. The van der Waals surface area contributed by atoms with Crippen LogP contribution in [0.15, 0.2) is 90.1 Å². The van der Waals surface area contributed by atoms with E-state index in [0.717, 1.165) is 41.1 Å². The number of hydrogen-bond donors (Lipinski definition) is 2. The highest BCUT2D eigenvalue weighted by Crippen LogP contribution is 2.44. The fourth-order valence-corrected chi connectivity index (χ4v) is 4.65. The summed E-state index contributed by atoms with van der Waals surface area (Å²) >= 11 is 0. The molecule has 3 aromatic rings. The number of Topliss-reactive ketones (excluding diaryl/α,β-unsaturated/α-hetero) is 1. The Labute approximate surface area is 177 Å². The van der Waals surface area contributed by atoms with Gasteiger partial charge in [0.2, 0.25) is 0 Å². The molecule has 2 N–H and O–H groups in total. The second-order valence-electron chi connectivity index (χ2n) is 8.17. The van der Waals surface area contributed by atoms with Gasteiger partial charge in [0.1, 0.15) is 0 Å². The van der Waals surface area contributed by atoms with Crippen molar-refractivity contribution in [2.75, 3.05) is 10.6 Å². The van der Waals surface area contributed by atoms with Gasteiger partial charge in [0.05, 0.1) is 17.4 Å². The summed E-state index contributed by atoms with van der Waals surface area (Å²) in [5, 5.41) is 7.27. The molecule has 30 heavy (non-hydrogen) atoms. The Bertz CT molecular complexity index is 1100. The molecule has 0 amide bonds. The van der Waals surface area contributed by atoms with Crippen molar-refractivity contribution in [1.29, 1.82) is 0 Å². The molecule has 0 unspecified atom stereocenters. The average Bonchev–Trinajstić information content (AvgIpc) is 2.96. The molecule has 0 fully saturated rings. The fraction of sp³-hybridized carbons (Fsp3) is 0.222. The number of ketones is 1. The molecule has 2 atom stereocenters. The Hall–Kier alpha value is -3.33. The molecule has 1 heterocycles. The number of para-hydroxylation sites is 2. The van der Waals surface area contributed by atoms with Crippen LogP contribution in [0.3, 0.4) is 0 Å². The Balaban J connectivity index is 1.60. The quantitative estimate of drug-likeness (QED) is 0.553. The van der Waals surface area contributed by atoms with Gasteiger partial charge in [0.25, 0.3) is 0 Å². The molecule has 0 saturated carbocycles. The van der Waals surface area contributed by atoms with Crippen LogP contribution in [-0.4, -0.2) is 5.78 Å². The van der Waals surface area contributed by atoms with E-state index in [1.807, 2.05) is 18.2 Å². The summed E-state index contributed by atoms with van der Waals surface area (Å²) in [6.45, 7) is 2.16. The minimum Gasteiger partial charge on any atom is -0.372 e. The Kier molecular flexibility index (Phi) is 4.88. The van der Waals surface area contributed by atoms with E-state index in [2.05, 4.69) is 78.2 Å². The van der Waals surface area contributed by atoms with Crippen LogP contribution in [-0.2, 0) is 11.2 Å². The van der Waals surface area contributed by atoms with Crippen LogP contribution >= 0.6 is 0 Å². The highest BCUT2D eigenvalue weighted by Gasteiger charge is 2.35. The summed E-state index contributed by atoms with van der Waals surface area (Å²) in [5.41, 5.74) is 7.64. The van der Waals surface area contributed by atoms with Crippen LogP contribution in [0.25, 0.3) is 0 Å². The molecule has 0 radical (unpaired) electrons. The molecule has 2 aliphatic rings. The Morgan fingerprint density at radius 3 is 2.23 bits per heavy atom. The fourth-order valence-electron chi connectivity index (χ4n) is 4.65. The predicted octanol–water partition coefficient (Wildman–Crippen LogP) is 6.23. The molecule has 0 bridgehead atoms. The van der Waals surface area contributed by atoms with Crippen LogP contribution in [0.1, 0.15) is 48.4 Å². The van der Waals surface area contributed by atoms with Gasteiger partial charge in [-0.1, -0.05) is 73.7 Å². The number of fused-ring (bicyclic) bond motifs is 1. The third-order valence-corrected chi connectivity index (χ3v) is 6.30. The van der Waals surface area contributed by atoms with Crippen molar-refractivity contribution in [2.45, 2.75) is 38.1 Å². The van der Waals surface area contributed by atoms with E-state index in [4.69, 9.17) is 0 Å². The van der Waals surface area contributed by atoms with E-state index < -0.39 is 0 Å². The van der Waals surface area contributed by atoms with Gasteiger partial charge in [-0.3, -0.25) is 4.79 Å². The molecule has 150 valence electrons. The van der Waals surface area contributed by atoms with Gasteiger partial charge in [0, 0.05) is 17.7 Å². The van der Waals surface area contributed by atoms with Crippen LogP contribution in [0.2, 0.25) is 0 Å². The zero-order valence-corrected chi connectivity index (χ0v) is 17.2. The Morgan fingerprint density at radius 1 is 0.800 bits per heavy atom. The molecule has 5 rings (SSSR count). The van der Waals surface area contributed by atoms with Crippen molar-refractivity contribution in [1.82, 2.24) is 0 Å². The lowest BCUT2D eigenvalue weighted by atomic mass is 9.78. The molecule has 1 aliphatic carbocycles. The third-order valence-electron chi connectivity index (χ3n) is 6.30. The molecule has 1 aliphatic heterocycles. The van der Waals surface area contributed by atoms with Gasteiger partial charge in [-0.25, -0.2) is 0 Å². The molecule has 0 saturated heterocycles. The van der Waals surface area contributed by atoms with Crippen LogP contribution in [0.4, 0.5) is 11.4 Å². The summed E-state index contributed by atoms with van der Waals surface area (Å²) in [6, 6.07) is 27.1. The average molecular weight is 395 g/mol. The smallest absolute Gasteiger partial charge is 0.163 e. The molecule has 0 spiro atoms. The van der Waals surface area contributed by atoms with Gasteiger partial charge in [-0.2, -0.15) is 0 Å². The van der Waals surface area contributed by atoms with Crippen LogP contribution < -0.4 is 10.6 Å². The minimum absolute atomic E-state index is 0.147. The van der Waals surface area contributed by atoms with Crippen molar-refractivity contribution >= 4 is 17.2 Å². The highest BCUT2D eigenvalue weighted by atomic mass is 16.1. The van der Waals surface area contributed by atoms with Gasteiger partial charge in [0.15, 0.2) is 5.78 Å². The molecule has 3 aromatic carbocycles. The standard InChI is InChI=1S/C27H26N2O/c1-2-18-12-14-20(15-13-18)27-26-24(28-22-10-6-7-11-23(22)29-27)16-21(17-25(26)30)19-8-4-3-5-9-19/h3-15,21,27-29H,2,16-17H2,1H3/t21-,27+/m1/s1. The normalized spacial score (nSPS) is 20.5. The summed E-state index contributed by atoms with van der Waals surface area (Å²) in [7, 11) is 0. The molecular weight excluding hydrogens is 368 g/mol. The number of aryl methyl sites for hydroxylation is 1. The predicted molar refractivity (Wildman–Crippen MR) is 123 cm³/mol. The van der Waals surface area contributed by atoms with Crippen molar-refractivity contribution in [3.05, 3.63) is 107 Å². The second-order valence-corrected chi connectivity index (χ2v) is 8.17. The first kappa shape index (κ1) is 18.7. The number of nitrogens with one attached hydrogen (secondary N) is 2. The number of benzene rings is 3. The number of anilines is 2. The van der Waals surface area contributed by atoms with Crippen molar-refractivity contribution < 1.29 is 4.79 Å². The van der Waals surface area contributed by atoms with E-state index in [-0.39, 0.29) is 17.7 Å². The molecular formula is C27H26N2O. The highest BCUT2D eigenvalue weighted by molar-refractivity contribution is 6.01. The lowest BCUT2D eigenvalue weighted by molar-refractivity contribution is -0.116. The maximum absolute atomic E-state index is 13.5. The topological polar surface area (TPSA) is 41.1 Å². The summed E-state index contributed by atoms with van der Waals surface area (Å²) < 4.78 is 0. The Morgan fingerprint density at radius 2 is 1.50 bits per heavy atom. The zero-order chi connectivity index (χ0) is 20.5. The first-order valence-corrected chi connectivity index (χ1v) is 10.8. The number of hydrogen-bond acceptors (Lipinski definition) is 3. The SMILES string of the molecule is CCc1ccc([C@@H]2Nc3ccccc3NC3=C2C(=O)C[C@H](c2ccccc2)C3)cc1. The summed E-state index contributed by atoms with van der Waals surface area (Å²) in [5.74, 6) is 0.431. The van der Waals surface area contributed by atoms with Gasteiger partial charge < -0.3 is 10.6 Å². The van der Waals surface area contributed by atoms with E-state index in [1.165, 1.54) is 11.1 Å². The van der Waals surface area contributed by atoms with E-state index in [9.17, 15) is 4.79 Å². The first-order chi connectivity index (χ1) is 14.7. The maximum atomic E-state index is 13.5. The van der Waals surface area contributed by atoms with Gasteiger partial charge >= 0.3 is 0 Å². The van der Waals surface area contributed by atoms with Crippen LogP contribution in [0, 0.1) is 0 Å². The van der Waals surface area contributed by atoms with Crippen LogP contribution in [0.5, 0.6) is 0 Å². The molecule has 0 aromatic heterocycles. The number of carbonyl (C=O) groups excluding carboxylic acids is 1. The van der Waals surface area contributed by atoms with Crippen molar-refractivity contribution in [3.8, 4) is 0 Å². The second kappa shape index (κ2) is 7.83. The number of carbonyl (C=O) groups is 1. The van der Waals surface area contributed by atoms with Gasteiger partial charge in [-0.05, 0) is 47.6 Å². The lowest BCUT2D eigenvalue weighted by Crippen LogP contribution is -2.26. The lowest BCUT2D eigenvalue weighted by Gasteiger charge is -2.30. The van der Waals surface area contributed by atoms with Crippen molar-refractivity contribution in [2.24, 2.45) is 0 Å². The maximum Gasteiger partial charge on any atom is 0.163 e. The van der Waals surface area contributed by atoms with Crippen molar-refractivity contribution in [3.63, 3.8) is 0 Å². The third kappa shape index (κ3) is 3.41. The largest absolute Gasteiger partial charge is 0.372 e. The summed E-state index contributed by atoms with van der Waals surface area (Å²) in [4.78, 5) is 13.5. The molecule has 3 nitrogen and oxygen atoms in total. The van der Waals surface area contributed by atoms with E-state index in [1.54, 1.807) is 0 Å². The van der Waals surface area contributed by atoms with E-state index >= 15 is 0 Å². The molecule has 3 heteroatoms.